The molecule has 186 valence electrons. The molecular formula is C24H29FN6O3S. The van der Waals surface area contributed by atoms with Crippen LogP contribution in [0.3, 0.4) is 0 Å². The highest BCUT2D eigenvalue weighted by Crippen LogP contribution is 2.49. The van der Waals surface area contributed by atoms with Crippen molar-refractivity contribution in [2.75, 3.05) is 25.2 Å². The molecule has 1 aromatic carbocycles. The minimum absolute atomic E-state index is 0.0271. The third-order valence-corrected chi connectivity index (χ3v) is 8.21. The predicted octanol–water partition coefficient (Wildman–Crippen LogP) is 3.62. The summed E-state index contributed by atoms with van der Waals surface area (Å²) in [6.07, 6.45) is 2.30. The first-order valence-corrected chi connectivity index (χ1v) is 13.0. The van der Waals surface area contributed by atoms with E-state index in [0.717, 1.165) is 5.56 Å². The van der Waals surface area contributed by atoms with E-state index in [9.17, 15) is 17.6 Å². The summed E-state index contributed by atoms with van der Waals surface area (Å²) < 4.78 is 42.3. The van der Waals surface area contributed by atoms with Gasteiger partial charge in [0.25, 0.3) is 5.91 Å². The number of anilines is 1. The van der Waals surface area contributed by atoms with Crippen molar-refractivity contribution in [2.45, 2.75) is 39.2 Å². The van der Waals surface area contributed by atoms with Crippen molar-refractivity contribution < 1.29 is 17.6 Å². The van der Waals surface area contributed by atoms with Crippen molar-refractivity contribution in [1.29, 1.82) is 0 Å². The van der Waals surface area contributed by atoms with Crippen LogP contribution in [0.25, 0.3) is 11.5 Å². The number of carbonyl (C=O) groups excluding carboxylic acids is 1. The Balaban J connectivity index is 1.55. The molecule has 2 atom stereocenters. The van der Waals surface area contributed by atoms with Crippen molar-refractivity contribution in [3.8, 4) is 11.5 Å². The third-order valence-electron chi connectivity index (χ3n) is 6.25. The highest BCUT2D eigenvalue weighted by atomic mass is 32.2. The Labute approximate surface area is 204 Å². The van der Waals surface area contributed by atoms with Gasteiger partial charge in [-0.3, -0.25) is 4.79 Å². The Hall–Kier alpha value is -3.18. The van der Waals surface area contributed by atoms with Gasteiger partial charge in [0, 0.05) is 20.1 Å². The van der Waals surface area contributed by atoms with Gasteiger partial charge in [0.2, 0.25) is 10.0 Å². The van der Waals surface area contributed by atoms with Crippen molar-refractivity contribution in [2.24, 2.45) is 5.92 Å². The smallest absolute Gasteiger partial charge is 0.259 e. The molecule has 1 aliphatic carbocycles. The monoisotopic (exact) mass is 500 g/mol. The largest absolute Gasteiger partial charge is 0.310 e. The molecule has 2 aromatic heterocycles. The lowest BCUT2D eigenvalue weighted by molar-refractivity contribution is 0.102. The molecular weight excluding hydrogens is 471 g/mol. The van der Waals surface area contributed by atoms with Crippen LogP contribution in [0.2, 0.25) is 0 Å². The Morgan fingerprint density at radius 2 is 2.03 bits per heavy atom. The lowest BCUT2D eigenvalue weighted by atomic mass is 9.99. The molecule has 0 saturated heterocycles. The SMILES string of the molecule is Cc1cc(F)c(C(=O)Nc2cccc(-c3nncn3C(C)C)n2)cc1C1CC1CS(=O)(=O)N(C)C. The van der Waals surface area contributed by atoms with Gasteiger partial charge in [-0.15, -0.1) is 10.2 Å². The molecule has 11 heteroatoms. The van der Waals surface area contributed by atoms with E-state index >= 15 is 0 Å². The lowest BCUT2D eigenvalue weighted by Gasteiger charge is -2.13. The lowest BCUT2D eigenvalue weighted by Crippen LogP contribution is -2.26. The number of aromatic nitrogens is 4. The van der Waals surface area contributed by atoms with E-state index in [1.807, 2.05) is 18.4 Å². The van der Waals surface area contributed by atoms with Crippen LogP contribution in [0.4, 0.5) is 10.2 Å². The Bertz CT molecular complexity index is 1370. The van der Waals surface area contributed by atoms with E-state index in [1.165, 1.54) is 30.5 Å². The fraction of sp³-hybridized carbons (Fsp3) is 0.417. The van der Waals surface area contributed by atoms with Gasteiger partial charge in [0.1, 0.15) is 23.7 Å². The molecule has 2 heterocycles. The normalized spacial score (nSPS) is 17.7. The molecule has 1 fully saturated rings. The molecule has 0 bridgehead atoms. The molecule has 2 unspecified atom stereocenters. The summed E-state index contributed by atoms with van der Waals surface area (Å²) in [4.78, 5) is 17.4. The molecule has 0 spiro atoms. The molecule has 9 nitrogen and oxygen atoms in total. The zero-order chi connectivity index (χ0) is 25.5. The Morgan fingerprint density at radius 1 is 1.29 bits per heavy atom. The van der Waals surface area contributed by atoms with Crippen LogP contribution >= 0.6 is 0 Å². The number of halogens is 1. The van der Waals surface area contributed by atoms with Crippen LogP contribution in [0.15, 0.2) is 36.7 Å². The molecule has 3 aromatic rings. The number of hydrogen-bond acceptors (Lipinski definition) is 6. The molecule has 1 aliphatic rings. The van der Waals surface area contributed by atoms with E-state index in [0.29, 0.717) is 23.5 Å². The zero-order valence-corrected chi connectivity index (χ0v) is 21.2. The van der Waals surface area contributed by atoms with Gasteiger partial charge >= 0.3 is 0 Å². The first-order valence-electron chi connectivity index (χ1n) is 11.4. The number of carbonyl (C=O) groups is 1. The fourth-order valence-corrected chi connectivity index (χ4v) is 5.32. The second kappa shape index (κ2) is 9.46. The summed E-state index contributed by atoms with van der Waals surface area (Å²) in [6.45, 7) is 5.76. The second-order valence-corrected chi connectivity index (χ2v) is 11.6. The van der Waals surface area contributed by atoms with Gasteiger partial charge in [-0.2, -0.15) is 0 Å². The summed E-state index contributed by atoms with van der Waals surface area (Å²) in [5.74, 6) is -0.504. The number of amides is 1. The van der Waals surface area contributed by atoms with Gasteiger partial charge < -0.3 is 9.88 Å². The number of benzene rings is 1. The maximum absolute atomic E-state index is 14.8. The van der Waals surface area contributed by atoms with Gasteiger partial charge in [-0.25, -0.2) is 22.1 Å². The molecule has 0 radical (unpaired) electrons. The molecule has 35 heavy (non-hydrogen) atoms. The van der Waals surface area contributed by atoms with Crippen LogP contribution in [0, 0.1) is 18.7 Å². The third kappa shape index (κ3) is 5.25. The number of hydrogen-bond donors (Lipinski definition) is 1. The number of sulfonamides is 1. The highest BCUT2D eigenvalue weighted by molar-refractivity contribution is 7.89. The standard InChI is InChI=1S/C24H29FN6O3S/c1-14(2)31-13-26-29-23(31)21-7-6-8-22(27-21)28-24(32)19-11-17(15(3)9-20(19)25)18-10-16(18)12-35(33,34)30(4)5/h6-9,11,13-14,16,18H,10,12H2,1-5H3,(H,27,28,32). The van der Waals surface area contributed by atoms with Crippen molar-refractivity contribution in [3.63, 3.8) is 0 Å². The minimum atomic E-state index is -3.33. The summed E-state index contributed by atoms with van der Waals surface area (Å²) in [5, 5.41) is 10.7. The van der Waals surface area contributed by atoms with Crippen molar-refractivity contribution in [1.82, 2.24) is 24.1 Å². The van der Waals surface area contributed by atoms with Gasteiger partial charge in [0.05, 0.1) is 11.3 Å². The number of nitrogens with one attached hydrogen (secondary N) is 1. The van der Waals surface area contributed by atoms with Gasteiger partial charge in [0.15, 0.2) is 5.82 Å². The van der Waals surface area contributed by atoms with Crippen LogP contribution in [-0.2, 0) is 10.0 Å². The quantitative estimate of drug-likeness (QED) is 0.506. The minimum Gasteiger partial charge on any atom is -0.310 e. The highest BCUT2D eigenvalue weighted by Gasteiger charge is 2.43. The second-order valence-electron chi connectivity index (χ2n) is 9.37. The average Bonchev–Trinajstić information content (AvgIpc) is 3.32. The van der Waals surface area contributed by atoms with Gasteiger partial charge in [-0.1, -0.05) is 6.07 Å². The summed E-state index contributed by atoms with van der Waals surface area (Å²) in [6, 6.07) is 8.10. The number of rotatable bonds is 8. The summed E-state index contributed by atoms with van der Waals surface area (Å²) >= 11 is 0. The number of pyridine rings is 1. The maximum Gasteiger partial charge on any atom is 0.259 e. The van der Waals surface area contributed by atoms with E-state index in [4.69, 9.17) is 0 Å². The Kier molecular flexibility index (Phi) is 6.74. The van der Waals surface area contributed by atoms with Gasteiger partial charge in [-0.05, 0) is 74.4 Å². The molecule has 0 aliphatic heterocycles. The Morgan fingerprint density at radius 3 is 2.71 bits per heavy atom. The van der Waals surface area contributed by atoms with Crippen LogP contribution in [0.1, 0.15) is 53.7 Å². The summed E-state index contributed by atoms with van der Waals surface area (Å²) in [7, 11) is -0.319. The molecule has 1 saturated carbocycles. The summed E-state index contributed by atoms with van der Waals surface area (Å²) in [5.41, 5.74) is 1.91. The van der Waals surface area contributed by atoms with E-state index < -0.39 is 21.7 Å². The van der Waals surface area contributed by atoms with Crippen LogP contribution in [0.5, 0.6) is 0 Å². The first-order chi connectivity index (χ1) is 16.5. The first kappa shape index (κ1) is 24.9. The van der Waals surface area contributed by atoms with E-state index in [1.54, 1.807) is 31.5 Å². The van der Waals surface area contributed by atoms with E-state index in [-0.39, 0.29) is 35.0 Å². The van der Waals surface area contributed by atoms with Crippen LogP contribution in [-0.4, -0.2) is 58.2 Å². The van der Waals surface area contributed by atoms with E-state index in [2.05, 4.69) is 20.5 Å². The topological polar surface area (TPSA) is 110 Å². The molecule has 1 N–H and O–H groups in total. The number of aryl methyl sites for hydroxylation is 1. The molecule has 4 rings (SSSR count). The van der Waals surface area contributed by atoms with Crippen LogP contribution < -0.4 is 5.32 Å². The number of nitrogens with zero attached hydrogens (tertiary/aromatic N) is 5. The maximum atomic E-state index is 14.8. The fourth-order valence-electron chi connectivity index (χ4n) is 4.11. The molecule has 1 amide bonds. The zero-order valence-electron chi connectivity index (χ0n) is 20.4. The van der Waals surface area contributed by atoms with Crippen molar-refractivity contribution in [3.05, 3.63) is 59.2 Å². The average molecular weight is 501 g/mol. The predicted molar refractivity (Wildman–Crippen MR) is 131 cm³/mol. The van der Waals surface area contributed by atoms with Crippen molar-refractivity contribution >= 4 is 21.7 Å².